The first kappa shape index (κ1) is 23.8. The van der Waals surface area contributed by atoms with Crippen molar-refractivity contribution in [1.82, 2.24) is 8.87 Å². The van der Waals surface area contributed by atoms with Crippen molar-refractivity contribution in [2.45, 2.75) is 37.4 Å². The van der Waals surface area contributed by atoms with E-state index < -0.39 is 16.0 Å². The van der Waals surface area contributed by atoms with Crippen molar-refractivity contribution < 1.29 is 22.7 Å². The van der Waals surface area contributed by atoms with Gasteiger partial charge in [0, 0.05) is 19.0 Å². The van der Waals surface area contributed by atoms with Gasteiger partial charge in [-0.2, -0.15) is 9.30 Å². The van der Waals surface area contributed by atoms with Gasteiger partial charge in [-0.1, -0.05) is 23.5 Å². The van der Waals surface area contributed by atoms with Crippen molar-refractivity contribution in [3.63, 3.8) is 0 Å². The molecule has 33 heavy (non-hydrogen) atoms. The number of rotatable bonds is 5. The SMILES string of the molecule is COC(=O)Cn1c(=NC(=O)C2CCN(S(=O)(=O)c3cccs3)CC2)sc2c(C)cc(C)cc21. The fourth-order valence-corrected chi connectivity index (χ4v) is 7.71. The minimum atomic E-state index is -3.52. The van der Waals surface area contributed by atoms with Gasteiger partial charge in [0.1, 0.15) is 10.8 Å². The average molecular weight is 508 g/mol. The minimum absolute atomic E-state index is 0.0387. The average Bonchev–Trinajstić information content (AvgIpc) is 3.44. The van der Waals surface area contributed by atoms with Gasteiger partial charge in [-0.3, -0.25) is 9.59 Å². The molecule has 4 rings (SSSR count). The number of aryl methyl sites for hydroxylation is 2. The highest BCUT2D eigenvalue weighted by Crippen LogP contribution is 2.27. The molecule has 0 bridgehead atoms. The van der Waals surface area contributed by atoms with Gasteiger partial charge in [0.25, 0.3) is 15.9 Å². The number of carbonyl (C=O) groups excluding carboxylic acids is 2. The summed E-state index contributed by atoms with van der Waals surface area (Å²) in [5.74, 6) is -1.07. The number of aromatic nitrogens is 1. The first-order valence-corrected chi connectivity index (χ1v) is 13.6. The summed E-state index contributed by atoms with van der Waals surface area (Å²) in [6, 6.07) is 7.33. The molecule has 1 aliphatic rings. The lowest BCUT2D eigenvalue weighted by atomic mass is 9.98. The van der Waals surface area contributed by atoms with Crippen LogP contribution in [0, 0.1) is 19.8 Å². The zero-order valence-corrected chi connectivity index (χ0v) is 21.1. The highest BCUT2D eigenvalue weighted by molar-refractivity contribution is 7.91. The molecule has 0 aliphatic carbocycles. The van der Waals surface area contributed by atoms with E-state index in [1.54, 1.807) is 22.1 Å². The van der Waals surface area contributed by atoms with Gasteiger partial charge in [-0.05, 0) is 55.3 Å². The smallest absolute Gasteiger partial charge is 0.325 e. The van der Waals surface area contributed by atoms with Crippen LogP contribution < -0.4 is 4.80 Å². The van der Waals surface area contributed by atoms with E-state index in [0.717, 1.165) is 21.3 Å². The number of fused-ring (bicyclic) bond motifs is 1. The monoisotopic (exact) mass is 507 g/mol. The summed E-state index contributed by atoms with van der Waals surface area (Å²) < 4.78 is 34.7. The van der Waals surface area contributed by atoms with Gasteiger partial charge in [0.15, 0.2) is 4.80 Å². The van der Waals surface area contributed by atoms with E-state index in [1.165, 1.54) is 34.1 Å². The van der Waals surface area contributed by atoms with Crippen LogP contribution in [-0.4, -0.2) is 49.4 Å². The lowest BCUT2D eigenvalue weighted by molar-refractivity contribution is -0.141. The van der Waals surface area contributed by atoms with Crippen molar-refractivity contribution in [3.8, 4) is 0 Å². The number of hydrogen-bond acceptors (Lipinski definition) is 7. The van der Waals surface area contributed by atoms with E-state index in [1.807, 2.05) is 19.9 Å². The summed E-state index contributed by atoms with van der Waals surface area (Å²) in [5.41, 5.74) is 2.94. The summed E-state index contributed by atoms with van der Waals surface area (Å²) in [7, 11) is -2.19. The third kappa shape index (κ3) is 4.81. The summed E-state index contributed by atoms with van der Waals surface area (Å²) in [4.78, 5) is 29.9. The highest BCUT2D eigenvalue weighted by atomic mass is 32.2. The molecule has 1 aliphatic heterocycles. The van der Waals surface area contributed by atoms with E-state index in [0.29, 0.717) is 21.9 Å². The van der Waals surface area contributed by atoms with Crippen molar-refractivity contribution in [2.75, 3.05) is 20.2 Å². The predicted octanol–water partition coefficient (Wildman–Crippen LogP) is 3.08. The number of ether oxygens (including phenoxy) is 1. The van der Waals surface area contributed by atoms with Crippen LogP contribution in [0.15, 0.2) is 38.8 Å². The number of amides is 1. The number of nitrogens with zero attached hydrogens (tertiary/aromatic N) is 3. The fraction of sp³-hybridized carbons (Fsp3) is 0.409. The summed E-state index contributed by atoms with van der Waals surface area (Å²) in [5, 5.41) is 1.74. The molecule has 0 N–H and O–H groups in total. The zero-order valence-electron chi connectivity index (χ0n) is 18.6. The minimum Gasteiger partial charge on any atom is -0.468 e. The number of carbonyl (C=O) groups is 2. The van der Waals surface area contributed by atoms with Crippen LogP contribution in [0.2, 0.25) is 0 Å². The number of piperidine rings is 1. The molecule has 176 valence electrons. The molecule has 11 heteroatoms. The molecule has 3 aromatic rings. The Kier molecular flexibility index (Phi) is 6.85. The molecule has 0 radical (unpaired) electrons. The van der Waals surface area contributed by atoms with E-state index in [9.17, 15) is 18.0 Å². The van der Waals surface area contributed by atoms with Crippen LogP contribution in [-0.2, 0) is 30.9 Å². The maximum absolute atomic E-state index is 13.0. The van der Waals surface area contributed by atoms with Crippen molar-refractivity contribution in [1.29, 1.82) is 0 Å². The van der Waals surface area contributed by atoms with Crippen LogP contribution in [0.25, 0.3) is 10.2 Å². The molecule has 3 heterocycles. The molecule has 0 unspecified atom stereocenters. The Bertz CT molecular complexity index is 1360. The van der Waals surface area contributed by atoms with Gasteiger partial charge in [0.05, 0.1) is 17.3 Å². The Balaban J connectivity index is 1.60. The number of thiophene rings is 1. The number of esters is 1. The molecular formula is C22H25N3O5S3. The largest absolute Gasteiger partial charge is 0.468 e. The van der Waals surface area contributed by atoms with E-state index in [4.69, 9.17) is 4.74 Å². The summed E-state index contributed by atoms with van der Waals surface area (Å²) in [6.45, 7) is 4.48. The summed E-state index contributed by atoms with van der Waals surface area (Å²) in [6.07, 6.45) is 0.819. The van der Waals surface area contributed by atoms with Gasteiger partial charge in [-0.15, -0.1) is 11.3 Å². The lowest BCUT2D eigenvalue weighted by Crippen LogP contribution is -2.40. The second kappa shape index (κ2) is 9.49. The topological polar surface area (TPSA) is 98.0 Å². The second-order valence-corrected chi connectivity index (χ2v) is 12.1. The summed E-state index contributed by atoms with van der Waals surface area (Å²) >= 11 is 2.56. The number of methoxy groups -OCH3 is 1. The number of sulfonamides is 1. The molecule has 0 spiro atoms. The van der Waals surface area contributed by atoms with Gasteiger partial charge in [-0.25, -0.2) is 8.42 Å². The molecule has 1 fully saturated rings. The predicted molar refractivity (Wildman–Crippen MR) is 128 cm³/mol. The molecule has 0 saturated carbocycles. The maximum atomic E-state index is 13.0. The van der Waals surface area contributed by atoms with E-state index in [2.05, 4.69) is 11.1 Å². The third-order valence-corrected chi connectivity index (χ3v) is 10.2. The third-order valence-electron chi connectivity index (χ3n) is 5.73. The van der Waals surface area contributed by atoms with Crippen molar-refractivity contribution >= 4 is 54.8 Å². The van der Waals surface area contributed by atoms with Crippen LogP contribution in [0.4, 0.5) is 0 Å². The van der Waals surface area contributed by atoms with Crippen molar-refractivity contribution in [3.05, 3.63) is 45.6 Å². The number of benzene rings is 1. The number of hydrogen-bond donors (Lipinski definition) is 0. The van der Waals surface area contributed by atoms with Crippen LogP contribution in [0.5, 0.6) is 0 Å². The van der Waals surface area contributed by atoms with Crippen LogP contribution in [0.1, 0.15) is 24.0 Å². The fourth-order valence-electron chi connectivity index (χ4n) is 4.01. The van der Waals surface area contributed by atoms with Gasteiger partial charge >= 0.3 is 5.97 Å². The molecular weight excluding hydrogens is 482 g/mol. The Labute approximate surface area is 200 Å². The standard InChI is InChI=1S/C22H25N3O5S3/c1-14-11-15(2)20-17(12-14)25(13-18(26)30-3)22(32-20)23-21(27)16-6-8-24(9-7-16)33(28,29)19-5-4-10-31-19/h4-5,10-12,16H,6-9,13H2,1-3H3. The van der Waals surface area contributed by atoms with E-state index in [-0.39, 0.29) is 31.5 Å². The lowest BCUT2D eigenvalue weighted by Gasteiger charge is -2.29. The molecule has 1 saturated heterocycles. The second-order valence-electron chi connectivity index (χ2n) is 8.04. The molecule has 1 aromatic carbocycles. The molecule has 2 aromatic heterocycles. The Morgan fingerprint density at radius 1 is 1.21 bits per heavy atom. The Hall–Kier alpha value is -2.34. The van der Waals surface area contributed by atoms with Gasteiger partial charge < -0.3 is 9.30 Å². The first-order valence-electron chi connectivity index (χ1n) is 10.5. The molecule has 8 nitrogen and oxygen atoms in total. The zero-order chi connectivity index (χ0) is 23.8. The number of thiazole rings is 1. The van der Waals surface area contributed by atoms with Gasteiger partial charge in [0.2, 0.25) is 0 Å². The molecule has 1 amide bonds. The Morgan fingerprint density at radius 3 is 2.58 bits per heavy atom. The maximum Gasteiger partial charge on any atom is 0.325 e. The van der Waals surface area contributed by atoms with E-state index >= 15 is 0 Å². The van der Waals surface area contributed by atoms with Crippen LogP contribution >= 0.6 is 22.7 Å². The van der Waals surface area contributed by atoms with Crippen LogP contribution in [0.3, 0.4) is 0 Å². The normalized spacial score (nSPS) is 16.4. The van der Waals surface area contributed by atoms with Crippen molar-refractivity contribution in [2.24, 2.45) is 10.9 Å². The highest BCUT2D eigenvalue weighted by Gasteiger charge is 2.32. The molecule has 0 atom stereocenters. The Morgan fingerprint density at radius 2 is 1.94 bits per heavy atom. The first-order chi connectivity index (χ1) is 15.7. The quantitative estimate of drug-likeness (QED) is 0.495.